The van der Waals surface area contributed by atoms with Crippen molar-refractivity contribution in [3.05, 3.63) is 53.3 Å². The Morgan fingerprint density at radius 3 is 2.24 bits per heavy atom. The predicted molar refractivity (Wildman–Crippen MR) is 91.4 cm³/mol. The van der Waals surface area contributed by atoms with Gasteiger partial charge in [-0.3, -0.25) is 19.7 Å². The van der Waals surface area contributed by atoms with Crippen molar-refractivity contribution in [2.24, 2.45) is 0 Å². The van der Waals surface area contributed by atoms with E-state index in [2.05, 4.69) is 5.43 Å². The molecular formula is C18H20N2O5. The second kappa shape index (κ2) is 7.65. The number of rotatable bonds is 6. The number of hydrogen-bond acceptors (Lipinski definition) is 6. The van der Waals surface area contributed by atoms with Gasteiger partial charge in [0.25, 0.3) is 0 Å². The number of esters is 2. The van der Waals surface area contributed by atoms with Gasteiger partial charge in [-0.2, -0.15) is 0 Å². The van der Waals surface area contributed by atoms with Gasteiger partial charge in [0.2, 0.25) is 0 Å². The number of carbonyl (C=O) groups is 3. The number of hydrogen-bond donors (Lipinski definition) is 1. The number of carbonyl (C=O) groups excluding carboxylic acids is 3. The Balaban J connectivity index is 2.61. The Morgan fingerprint density at radius 2 is 1.72 bits per heavy atom. The lowest BCUT2D eigenvalue weighted by atomic mass is 10.0. The molecule has 0 aliphatic rings. The standard InChI is InChI=1S/C18H20N2O5/c1-11-14(17(22)24-3)10-15(16(12(2)21)18(23)25-4)20(11)19-13-8-6-5-7-9-13/h5-10,16,19H,1-4H3. The summed E-state index contributed by atoms with van der Waals surface area (Å²) in [5.74, 6) is -2.80. The Morgan fingerprint density at radius 1 is 1.08 bits per heavy atom. The van der Waals surface area contributed by atoms with Crippen LogP contribution in [0.1, 0.15) is 34.6 Å². The van der Waals surface area contributed by atoms with Gasteiger partial charge in [-0.25, -0.2) is 4.79 Å². The molecule has 132 valence electrons. The van der Waals surface area contributed by atoms with Crippen LogP contribution in [-0.2, 0) is 19.1 Å². The summed E-state index contributed by atoms with van der Waals surface area (Å²) in [7, 11) is 2.48. The number of methoxy groups -OCH3 is 2. The third-order valence-electron chi connectivity index (χ3n) is 3.83. The van der Waals surface area contributed by atoms with E-state index in [1.807, 2.05) is 30.3 Å². The summed E-state index contributed by atoms with van der Waals surface area (Å²) in [6.07, 6.45) is 0. The zero-order valence-corrected chi connectivity index (χ0v) is 14.5. The molecule has 7 heteroatoms. The van der Waals surface area contributed by atoms with Gasteiger partial charge in [-0.1, -0.05) is 18.2 Å². The van der Waals surface area contributed by atoms with Crippen molar-refractivity contribution >= 4 is 23.4 Å². The highest BCUT2D eigenvalue weighted by Gasteiger charge is 2.32. The van der Waals surface area contributed by atoms with Crippen molar-refractivity contribution in [2.75, 3.05) is 19.6 Å². The second-order valence-corrected chi connectivity index (χ2v) is 5.44. The average Bonchev–Trinajstić information content (AvgIpc) is 2.91. The lowest BCUT2D eigenvalue weighted by Gasteiger charge is -2.18. The summed E-state index contributed by atoms with van der Waals surface area (Å²) in [5, 5.41) is 0. The van der Waals surface area contributed by atoms with E-state index in [1.54, 1.807) is 6.92 Å². The summed E-state index contributed by atoms with van der Waals surface area (Å²) in [6, 6.07) is 10.7. The molecule has 0 radical (unpaired) electrons. The van der Waals surface area contributed by atoms with Gasteiger partial charge in [-0.05, 0) is 32.0 Å². The van der Waals surface area contributed by atoms with E-state index in [-0.39, 0.29) is 5.56 Å². The zero-order chi connectivity index (χ0) is 18.6. The Kier molecular flexibility index (Phi) is 5.59. The summed E-state index contributed by atoms with van der Waals surface area (Å²) < 4.78 is 11.1. The molecule has 1 unspecified atom stereocenters. The monoisotopic (exact) mass is 344 g/mol. The topological polar surface area (TPSA) is 86.6 Å². The van der Waals surface area contributed by atoms with Crippen LogP contribution in [0.15, 0.2) is 36.4 Å². The second-order valence-electron chi connectivity index (χ2n) is 5.44. The van der Waals surface area contributed by atoms with Crippen molar-refractivity contribution < 1.29 is 23.9 Å². The van der Waals surface area contributed by atoms with Crippen LogP contribution in [0.4, 0.5) is 5.69 Å². The van der Waals surface area contributed by atoms with Gasteiger partial charge in [-0.15, -0.1) is 0 Å². The van der Waals surface area contributed by atoms with Crippen molar-refractivity contribution in [3.8, 4) is 0 Å². The Labute approximate surface area is 145 Å². The smallest absolute Gasteiger partial charge is 0.339 e. The maximum atomic E-state index is 12.1. The van der Waals surface area contributed by atoms with Gasteiger partial charge in [0.1, 0.15) is 5.78 Å². The van der Waals surface area contributed by atoms with Crippen molar-refractivity contribution in [1.82, 2.24) is 4.68 Å². The highest BCUT2D eigenvalue weighted by molar-refractivity contribution is 6.03. The molecule has 0 amide bonds. The first-order valence-electron chi connectivity index (χ1n) is 7.61. The zero-order valence-electron chi connectivity index (χ0n) is 14.5. The molecular weight excluding hydrogens is 324 g/mol. The molecule has 25 heavy (non-hydrogen) atoms. The molecule has 0 aliphatic heterocycles. The van der Waals surface area contributed by atoms with Gasteiger partial charge in [0, 0.05) is 0 Å². The highest BCUT2D eigenvalue weighted by atomic mass is 16.5. The molecule has 1 aromatic heterocycles. The Hall–Kier alpha value is -3.09. The third kappa shape index (κ3) is 3.71. The van der Waals surface area contributed by atoms with Crippen LogP contribution in [0, 0.1) is 6.92 Å². The van der Waals surface area contributed by atoms with E-state index in [0.29, 0.717) is 11.4 Å². The van der Waals surface area contributed by atoms with Gasteiger partial charge < -0.3 is 9.47 Å². The Bertz CT molecular complexity index is 795. The van der Waals surface area contributed by atoms with E-state index in [1.165, 1.54) is 31.9 Å². The van der Waals surface area contributed by atoms with Crippen LogP contribution in [0.25, 0.3) is 0 Å². The largest absolute Gasteiger partial charge is 0.468 e. The van der Waals surface area contributed by atoms with E-state index in [0.717, 1.165) is 5.69 Å². The molecule has 0 saturated heterocycles. The van der Waals surface area contributed by atoms with Gasteiger partial charge in [0.05, 0.1) is 36.9 Å². The molecule has 7 nitrogen and oxygen atoms in total. The normalized spacial score (nSPS) is 11.5. The van der Waals surface area contributed by atoms with Gasteiger partial charge in [0.15, 0.2) is 5.92 Å². The number of ether oxygens (including phenoxy) is 2. The molecule has 2 aromatic rings. The minimum absolute atomic E-state index is 0.260. The molecule has 2 rings (SSSR count). The fourth-order valence-corrected chi connectivity index (χ4v) is 2.56. The molecule has 1 N–H and O–H groups in total. The number of nitrogens with zero attached hydrogens (tertiary/aromatic N) is 1. The lowest BCUT2D eigenvalue weighted by molar-refractivity contribution is -0.145. The molecule has 1 heterocycles. The van der Waals surface area contributed by atoms with E-state index in [4.69, 9.17) is 9.47 Å². The van der Waals surface area contributed by atoms with E-state index < -0.39 is 23.6 Å². The summed E-state index contributed by atoms with van der Waals surface area (Å²) in [4.78, 5) is 36.2. The maximum Gasteiger partial charge on any atom is 0.339 e. The summed E-state index contributed by atoms with van der Waals surface area (Å²) in [6.45, 7) is 2.99. The quantitative estimate of drug-likeness (QED) is 0.639. The first-order valence-corrected chi connectivity index (χ1v) is 7.61. The van der Waals surface area contributed by atoms with Crippen LogP contribution in [0.5, 0.6) is 0 Å². The summed E-state index contributed by atoms with van der Waals surface area (Å²) in [5.41, 5.74) is 4.91. The molecule has 0 spiro atoms. The molecule has 0 aliphatic carbocycles. The molecule has 1 atom stereocenters. The van der Waals surface area contributed by atoms with E-state index in [9.17, 15) is 14.4 Å². The summed E-state index contributed by atoms with van der Waals surface area (Å²) >= 11 is 0. The van der Waals surface area contributed by atoms with E-state index >= 15 is 0 Å². The lowest BCUT2D eigenvalue weighted by Crippen LogP contribution is -2.26. The van der Waals surface area contributed by atoms with Gasteiger partial charge >= 0.3 is 11.9 Å². The number of ketones is 1. The maximum absolute atomic E-state index is 12.1. The van der Waals surface area contributed by atoms with Crippen LogP contribution in [0.2, 0.25) is 0 Å². The SMILES string of the molecule is COC(=O)c1cc(C(C(C)=O)C(=O)OC)n(Nc2ccccc2)c1C. The van der Waals surface area contributed by atoms with Crippen LogP contribution in [0.3, 0.4) is 0 Å². The fourth-order valence-electron chi connectivity index (χ4n) is 2.56. The van der Waals surface area contributed by atoms with Crippen molar-refractivity contribution in [2.45, 2.75) is 19.8 Å². The number of aromatic nitrogens is 1. The van der Waals surface area contributed by atoms with Crippen LogP contribution >= 0.6 is 0 Å². The number of benzene rings is 1. The molecule has 0 bridgehead atoms. The highest BCUT2D eigenvalue weighted by Crippen LogP contribution is 2.26. The minimum Gasteiger partial charge on any atom is -0.468 e. The third-order valence-corrected chi connectivity index (χ3v) is 3.83. The molecule has 0 fully saturated rings. The number of para-hydroxylation sites is 1. The molecule has 0 saturated carbocycles. The number of anilines is 1. The fraction of sp³-hybridized carbons (Fsp3) is 0.278. The minimum atomic E-state index is -1.15. The van der Waals surface area contributed by atoms with Crippen molar-refractivity contribution in [3.63, 3.8) is 0 Å². The molecule has 1 aromatic carbocycles. The van der Waals surface area contributed by atoms with Crippen LogP contribution in [-0.4, -0.2) is 36.6 Å². The number of nitrogens with one attached hydrogen (secondary N) is 1. The predicted octanol–water partition coefficient (Wildman–Crippen LogP) is 2.30. The van der Waals surface area contributed by atoms with Crippen LogP contribution < -0.4 is 5.43 Å². The number of Topliss-reactive ketones (excluding diaryl/α,β-unsaturated/α-hetero) is 1. The van der Waals surface area contributed by atoms with Crippen molar-refractivity contribution in [1.29, 1.82) is 0 Å². The first kappa shape index (κ1) is 18.3. The average molecular weight is 344 g/mol. The first-order chi connectivity index (χ1) is 11.9.